The molecule has 19 heavy (non-hydrogen) atoms. The van der Waals surface area contributed by atoms with Gasteiger partial charge in [0.2, 0.25) is 0 Å². The summed E-state index contributed by atoms with van der Waals surface area (Å²) in [5, 5.41) is 7.30. The van der Waals surface area contributed by atoms with E-state index in [9.17, 15) is 4.39 Å². The average molecular weight is 344 g/mol. The van der Waals surface area contributed by atoms with Gasteiger partial charge in [-0.1, -0.05) is 11.6 Å². The quantitative estimate of drug-likeness (QED) is 0.495. The zero-order chi connectivity index (χ0) is 14.0. The Kier molecular flexibility index (Phi) is 4.07. The van der Waals surface area contributed by atoms with Crippen molar-refractivity contribution in [3.05, 3.63) is 57.3 Å². The smallest absolute Gasteiger partial charge is 0.145 e. The maximum atomic E-state index is 13.4. The molecule has 3 N–H and O–H groups in total. The van der Waals surface area contributed by atoms with Crippen LogP contribution in [-0.2, 0) is 0 Å². The van der Waals surface area contributed by atoms with E-state index in [1.54, 1.807) is 24.3 Å². The first-order chi connectivity index (χ1) is 8.97. The first-order valence-electron chi connectivity index (χ1n) is 5.24. The molecule has 0 radical (unpaired) electrons. The summed E-state index contributed by atoms with van der Waals surface area (Å²) in [6.07, 6.45) is 0. The van der Waals surface area contributed by atoms with Gasteiger partial charge in [0.15, 0.2) is 0 Å². The molecule has 0 aromatic heterocycles. The van der Waals surface area contributed by atoms with Crippen molar-refractivity contribution in [2.75, 3.05) is 0 Å². The fraction of sp³-hybridized carbons (Fsp3) is 0. The van der Waals surface area contributed by atoms with E-state index >= 15 is 0 Å². The van der Waals surface area contributed by atoms with Crippen molar-refractivity contribution in [1.82, 2.24) is 0 Å². The molecule has 0 unspecified atom stereocenters. The van der Waals surface area contributed by atoms with Crippen LogP contribution in [0.2, 0.25) is 5.02 Å². The number of ether oxygens (including phenoxy) is 1. The lowest BCUT2D eigenvalue weighted by Crippen LogP contribution is -2.10. The first-order valence-corrected chi connectivity index (χ1v) is 6.41. The number of nitrogens with two attached hydrogens (primary N) is 1. The molecule has 0 saturated carbocycles. The standard InChI is InChI=1S/C13H9BrClFN2O/c14-9-5-10(15)11(16)6-12(9)19-8-3-1-7(2-4-8)13(17)18/h1-6H,(H3,17,18). The van der Waals surface area contributed by atoms with E-state index in [-0.39, 0.29) is 10.9 Å². The van der Waals surface area contributed by atoms with Crippen molar-refractivity contribution < 1.29 is 9.13 Å². The van der Waals surface area contributed by atoms with Crippen molar-refractivity contribution in [3.63, 3.8) is 0 Å². The van der Waals surface area contributed by atoms with Gasteiger partial charge in [-0.05, 0) is 46.3 Å². The van der Waals surface area contributed by atoms with E-state index in [0.717, 1.165) is 0 Å². The minimum atomic E-state index is -0.555. The lowest BCUT2D eigenvalue weighted by atomic mass is 10.2. The van der Waals surface area contributed by atoms with Gasteiger partial charge in [0, 0.05) is 11.6 Å². The molecular weight excluding hydrogens is 335 g/mol. The summed E-state index contributed by atoms with van der Waals surface area (Å²) < 4.78 is 19.4. The Bertz CT molecular complexity index is 631. The summed E-state index contributed by atoms with van der Waals surface area (Å²) in [5.74, 6) is 0.246. The molecule has 0 aliphatic rings. The normalized spacial score (nSPS) is 10.3. The van der Waals surface area contributed by atoms with Crippen LogP contribution in [0, 0.1) is 11.2 Å². The van der Waals surface area contributed by atoms with Crippen LogP contribution in [0.15, 0.2) is 40.9 Å². The molecule has 0 bridgehead atoms. The Morgan fingerprint density at radius 2 is 1.89 bits per heavy atom. The summed E-state index contributed by atoms with van der Waals surface area (Å²) in [6.45, 7) is 0. The van der Waals surface area contributed by atoms with Gasteiger partial charge in [0.1, 0.15) is 23.2 Å². The number of nitrogen functional groups attached to an aromatic ring is 1. The van der Waals surface area contributed by atoms with E-state index in [4.69, 9.17) is 27.5 Å². The minimum absolute atomic E-state index is 0.0196. The van der Waals surface area contributed by atoms with Gasteiger partial charge in [-0.3, -0.25) is 5.41 Å². The number of nitrogens with one attached hydrogen (secondary N) is 1. The highest BCUT2D eigenvalue weighted by Crippen LogP contribution is 2.33. The zero-order valence-corrected chi connectivity index (χ0v) is 11.9. The highest BCUT2D eigenvalue weighted by molar-refractivity contribution is 9.10. The maximum Gasteiger partial charge on any atom is 0.145 e. The molecule has 0 atom stereocenters. The minimum Gasteiger partial charge on any atom is -0.456 e. The summed E-state index contributed by atoms with van der Waals surface area (Å²) in [4.78, 5) is 0. The molecule has 0 spiro atoms. The van der Waals surface area contributed by atoms with Crippen molar-refractivity contribution >= 4 is 33.4 Å². The predicted molar refractivity (Wildman–Crippen MR) is 76.6 cm³/mol. The Morgan fingerprint density at radius 1 is 1.26 bits per heavy atom. The summed E-state index contributed by atoms with van der Waals surface area (Å²) >= 11 is 8.89. The lowest BCUT2D eigenvalue weighted by Gasteiger charge is -2.09. The average Bonchev–Trinajstić information content (AvgIpc) is 2.36. The molecule has 0 heterocycles. The van der Waals surface area contributed by atoms with Crippen molar-refractivity contribution in [1.29, 1.82) is 5.41 Å². The van der Waals surface area contributed by atoms with Crippen LogP contribution < -0.4 is 10.5 Å². The van der Waals surface area contributed by atoms with E-state index in [0.29, 0.717) is 21.5 Å². The van der Waals surface area contributed by atoms with E-state index < -0.39 is 5.82 Å². The van der Waals surface area contributed by atoms with Crippen LogP contribution in [0.5, 0.6) is 11.5 Å². The van der Waals surface area contributed by atoms with Gasteiger partial charge < -0.3 is 10.5 Å². The molecule has 2 rings (SSSR count). The lowest BCUT2D eigenvalue weighted by molar-refractivity contribution is 0.473. The third kappa shape index (κ3) is 3.24. The fourth-order valence-electron chi connectivity index (χ4n) is 1.41. The van der Waals surface area contributed by atoms with E-state index in [2.05, 4.69) is 15.9 Å². The summed E-state index contributed by atoms with van der Waals surface area (Å²) in [7, 11) is 0. The number of benzene rings is 2. The fourth-order valence-corrected chi connectivity index (χ4v) is 2.13. The predicted octanol–water partition coefficient (Wildman–Crippen LogP) is 4.32. The third-order valence-electron chi connectivity index (χ3n) is 2.37. The van der Waals surface area contributed by atoms with Crippen LogP contribution in [0.3, 0.4) is 0 Å². The molecule has 2 aromatic rings. The van der Waals surface area contributed by atoms with Gasteiger partial charge in [-0.15, -0.1) is 0 Å². The van der Waals surface area contributed by atoms with Crippen LogP contribution in [0.4, 0.5) is 4.39 Å². The molecule has 0 aliphatic carbocycles. The Morgan fingerprint density at radius 3 is 2.47 bits per heavy atom. The number of hydrogen-bond acceptors (Lipinski definition) is 2. The topological polar surface area (TPSA) is 59.1 Å². The van der Waals surface area contributed by atoms with E-state index in [1.807, 2.05) is 0 Å². The maximum absolute atomic E-state index is 13.4. The second-order valence-corrected chi connectivity index (χ2v) is 5.00. The molecular formula is C13H9BrClFN2O. The van der Waals surface area contributed by atoms with Crippen LogP contribution >= 0.6 is 27.5 Å². The zero-order valence-electron chi connectivity index (χ0n) is 9.58. The Balaban J connectivity index is 2.26. The molecule has 0 aliphatic heterocycles. The first kappa shape index (κ1) is 13.8. The highest BCUT2D eigenvalue weighted by Gasteiger charge is 2.09. The molecule has 2 aromatic carbocycles. The van der Waals surface area contributed by atoms with E-state index in [1.165, 1.54) is 12.1 Å². The molecule has 6 heteroatoms. The van der Waals surface area contributed by atoms with Gasteiger partial charge >= 0.3 is 0 Å². The Hall–Kier alpha value is -1.59. The number of halogens is 3. The molecule has 0 amide bonds. The van der Waals surface area contributed by atoms with Crippen molar-refractivity contribution in [2.45, 2.75) is 0 Å². The van der Waals surface area contributed by atoms with Gasteiger partial charge in [-0.2, -0.15) is 0 Å². The summed E-state index contributed by atoms with van der Waals surface area (Å²) in [5.41, 5.74) is 5.94. The third-order valence-corrected chi connectivity index (χ3v) is 3.28. The van der Waals surface area contributed by atoms with Gasteiger partial charge in [0.05, 0.1) is 9.50 Å². The monoisotopic (exact) mass is 342 g/mol. The van der Waals surface area contributed by atoms with Crippen molar-refractivity contribution in [2.24, 2.45) is 5.73 Å². The molecule has 98 valence electrons. The number of amidine groups is 1. The van der Waals surface area contributed by atoms with Crippen LogP contribution in [0.1, 0.15) is 5.56 Å². The molecule has 0 fully saturated rings. The molecule has 3 nitrogen and oxygen atoms in total. The van der Waals surface area contributed by atoms with Gasteiger partial charge in [0.25, 0.3) is 0 Å². The SMILES string of the molecule is N=C(N)c1ccc(Oc2cc(F)c(Cl)cc2Br)cc1. The highest BCUT2D eigenvalue weighted by atomic mass is 79.9. The number of rotatable bonds is 3. The second kappa shape index (κ2) is 5.59. The van der Waals surface area contributed by atoms with Crippen LogP contribution in [-0.4, -0.2) is 5.84 Å². The molecule has 0 saturated heterocycles. The van der Waals surface area contributed by atoms with Crippen LogP contribution in [0.25, 0.3) is 0 Å². The van der Waals surface area contributed by atoms with Crippen molar-refractivity contribution in [3.8, 4) is 11.5 Å². The Labute approximate surface area is 122 Å². The summed E-state index contributed by atoms with van der Waals surface area (Å²) in [6, 6.07) is 9.22. The number of hydrogen-bond donors (Lipinski definition) is 2. The largest absolute Gasteiger partial charge is 0.456 e. The second-order valence-electron chi connectivity index (χ2n) is 3.74. The van der Waals surface area contributed by atoms with Gasteiger partial charge in [-0.25, -0.2) is 4.39 Å².